The number of imidazole rings is 1. The molecule has 2 aromatic heterocycles. The number of hydrogen-bond donors (Lipinski definition) is 1. The Balaban J connectivity index is 1.87. The van der Waals surface area contributed by atoms with E-state index < -0.39 is 0 Å². The van der Waals surface area contributed by atoms with Crippen molar-refractivity contribution in [2.45, 2.75) is 60.4 Å². The SMILES string of the molecule is CCC(C)=CN=C(N)c1ncn(Cc2nc3c(c(=O)n2-c2ccccc2C)=C(C)CCC=3)c1C. The number of amidine groups is 1. The van der Waals surface area contributed by atoms with Gasteiger partial charge in [-0.1, -0.05) is 42.3 Å². The molecule has 7 heteroatoms. The van der Waals surface area contributed by atoms with Crippen molar-refractivity contribution in [3.63, 3.8) is 0 Å². The van der Waals surface area contributed by atoms with E-state index in [1.54, 1.807) is 17.1 Å². The van der Waals surface area contributed by atoms with Gasteiger partial charge in [-0.3, -0.25) is 9.36 Å². The van der Waals surface area contributed by atoms with Crippen molar-refractivity contribution < 1.29 is 0 Å². The topological polar surface area (TPSA) is 91.1 Å². The van der Waals surface area contributed by atoms with Gasteiger partial charge in [0.25, 0.3) is 5.56 Å². The van der Waals surface area contributed by atoms with Crippen LogP contribution < -0.4 is 21.9 Å². The van der Waals surface area contributed by atoms with Crippen LogP contribution in [0.25, 0.3) is 17.3 Å². The van der Waals surface area contributed by atoms with E-state index in [-0.39, 0.29) is 5.56 Å². The van der Waals surface area contributed by atoms with Gasteiger partial charge in [0.05, 0.1) is 29.1 Å². The molecule has 0 spiro atoms. The summed E-state index contributed by atoms with van der Waals surface area (Å²) in [5.41, 5.74) is 11.8. The lowest BCUT2D eigenvalue weighted by Crippen LogP contribution is -2.50. The number of hydrogen-bond acceptors (Lipinski definition) is 4. The lowest BCUT2D eigenvalue weighted by molar-refractivity contribution is 0.674. The van der Waals surface area contributed by atoms with Crippen LogP contribution in [-0.4, -0.2) is 24.9 Å². The lowest BCUT2D eigenvalue weighted by Gasteiger charge is -2.17. The molecule has 0 atom stereocenters. The summed E-state index contributed by atoms with van der Waals surface area (Å²) in [5.74, 6) is 1.03. The van der Waals surface area contributed by atoms with Crippen LogP contribution in [0.1, 0.15) is 62.8 Å². The summed E-state index contributed by atoms with van der Waals surface area (Å²) in [6, 6.07) is 7.90. The lowest BCUT2D eigenvalue weighted by atomic mass is 10.0. The largest absolute Gasteiger partial charge is 0.382 e. The molecule has 7 nitrogen and oxygen atoms in total. The molecular formula is C27H32N6O. The second-order valence-corrected chi connectivity index (χ2v) is 8.89. The van der Waals surface area contributed by atoms with Crippen molar-refractivity contribution in [2.75, 3.05) is 0 Å². The van der Waals surface area contributed by atoms with Gasteiger partial charge in [-0.25, -0.2) is 15.0 Å². The summed E-state index contributed by atoms with van der Waals surface area (Å²) in [6.07, 6.45) is 8.27. The summed E-state index contributed by atoms with van der Waals surface area (Å²) in [7, 11) is 0. The third kappa shape index (κ3) is 4.38. The van der Waals surface area contributed by atoms with Crippen molar-refractivity contribution in [1.29, 1.82) is 0 Å². The standard InChI is InChI=1S/C27H32N6O/c1-6-17(2)14-29-26(28)25-20(5)32(16-30-25)15-23-31-21-12-9-11-19(4)24(21)27(34)33(23)22-13-8-7-10-18(22)3/h7-8,10,12-14,16H,6,9,11,15H2,1-5H3,(H2,28,29). The fourth-order valence-electron chi connectivity index (χ4n) is 4.19. The number of para-hydroxylation sites is 1. The van der Waals surface area contributed by atoms with Gasteiger partial charge in [-0.15, -0.1) is 0 Å². The number of aromatic nitrogens is 4. The maximum Gasteiger partial charge on any atom is 0.265 e. The zero-order valence-corrected chi connectivity index (χ0v) is 20.6. The van der Waals surface area contributed by atoms with E-state index in [1.807, 2.05) is 56.5 Å². The molecule has 0 aliphatic heterocycles. The molecule has 1 aliphatic carbocycles. The zero-order chi connectivity index (χ0) is 24.4. The molecule has 1 aliphatic rings. The maximum atomic E-state index is 13.8. The first-order valence-electron chi connectivity index (χ1n) is 11.7. The zero-order valence-electron chi connectivity index (χ0n) is 20.6. The Kier molecular flexibility index (Phi) is 6.63. The minimum absolute atomic E-state index is 0.0259. The van der Waals surface area contributed by atoms with Crippen molar-refractivity contribution in [3.8, 4) is 5.69 Å². The fraction of sp³-hybridized carbons (Fsp3) is 0.333. The van der Waals surface area contributed by atoms with Crippen molar-refractivity contribution >= 4 is 17.5 Å². The molecule has 0 saturated carbocycles. The van der Waals surface area contributed by atoms with E-state index in [1.165, 1.54) is 0 Å². The number of nitrogens with zero attached hydrogens (tertiary/aromatic N) is 5. The van der Waals surface area contributed by atoms with Gasteiger partial charge in [-0.05, 0) is 58.6 Å². The van der Waals surface area contributed by atoms with Gasteiger partial charge in [-0.2, -0.15) is 0 Å². The molecule has 0 fully saturated rings. The molecule has 2 N–H and O–H groups in total. The number of aliphatic imine (C=N–C) groups is 1. The first kappa shape index (κ1) is 23.4. The van der Waals surface area contributed by atoms with E-state index in [9.17, 15) is 4.79 Å². The molecule has 0 bridgehead atoms. The molecule has 3 aromatic rings. The monoisotopic (exact) mass is 456 g/mol. The number of allylic oxidation sites excluding steroid dienone is 1. The van der Waals surface area contributed by atoms with Crippen LogP contribution in [0.4, 0.5) is 0 Å². The fourth-order valence-corrected chi connectivity index (χ4v) is 4.19. The number of rotatable bonds is 6. The Hall–Kier alpha value is -3.74. The first-order chi connectivity index (χ1) is 16.3. The molecule has 0 amide bonds. The summed E-state index contributed by atoms with van der Waals surface area (Å²) in [4.78, 5) is 27.6. The van der Waals surface area contributed by atoms with Crippen molar-refractivity contribution in [2.24, 2.45) is 10.7 Å². The van der Waals surface area contributed by atoms with Crippen LogP contribution >= 0.6 is 0 Å². The minimum atomic E-state index is -0.0259. The quantitative estimate of drug-likeness (QED) is 0.456. The Labute approximate surface area is 199 Å². The average molecular weight is 457 g/mol. The molecule has 2 heterocycles. The number of fused-ring (bicyclic) bond motifs is 1. The number of nitrogens with two attached hydrogens (primary N) is 1. The Morgan fingerprint density at radius 3 is 2.74 bits per heavy atom. The Morgan fingerprint density at radius 1 is 1.24 bits per heavy atom. The highest BCUT2D eigenvalue weighted by atomic mass is 16.1. The number of benzene rings is 1. The second-order valence-electron chi connectivity index (χ2n) is 8.89. The summed E-state index contributed by atoms with van der Waals surface area (Å²) >= 11 is 0. The first-order valence-corrected chi connectivity index (χ1v) is 11.7. The summed E-state index contributed by atoms with van der Waals surface area (Å²) in [5, 5.41) is 1.49. The minimum Gasteiger partial charge on any atom is -0.382 e. The normalized spacial score (nSPS) is 14.2. The molecule has 34 heavy (non-hydrogen) atoms. The summed E-state index contributed by atoms with van der Waals surface area (Å²) < 4.78 is 3.72. The van der Waals surface area contributed by atoms with Gasteiger partial charge >= 0.3 is 0 Å². The Morgan fingerprint density at radius 2 is 2.00 bits per heavy atom. The van der Waals surface area contributed by atoms with E-state index in [2.05, 4.69) is 23.0 Å². The maximum absolute atomic E-state index is 13.8. The smallest absolute Gasteiger partial charge is 0.265 e. The molecule has 1 aromatic carbocycles. The molecule has 4 rings (SSSR count). The third-order valence-corrected chi connectivity index (χ3v) is 6.46. The predicted octanol–water partition coefficient (Wildman–Crippen LogP) is 2.86. The van der Waals surface area contributed by atoms with Gasteiger partial charge in [0.15, 0.2) is 5.84 Å². The van der Waals surface area contributed by atoms with Crippen LogP contribution in [0.3, 0.4) is 0 Å². The highest BCUT2D eigenvalue weighted by Gasteiger charge is 2.18. The van der Waals surface area contributed by atoms with E-state index in [0.717, 1.165) is 57.9 Å². The van der Waals surface area contributed by atoms with Crippen LogP contribution in [0.15, 0.2) is 52.2 Å². The highest BCUT2D eigenvalue weighted by Crippen LogP contribution is 2.15. The highest BCUT2D eigenvalue weighted by molar-refractivity contribution is 5.97. The number of aryl methyl sites for hydroxylation is 1. The van der Waals surface area contributed by atoms with Gasteiger partial charge < -0.3 is 10.3 Å². The van der Waals surface area contributed by atoms with Crippen LogP contribution in [0.2, 0.25) is 0 Å². The third-order valence-electron chi connectivity index (χ3n) is 6.46. The molecule has 0 saturated heterocycles. The van der Waals surface area contributed by atoms with Gasteiger partial charge in [0, 0.05) is 11.9 Å². The van der Waals surface area contributed by atoms with E-state index >= 15 is 0 Å². The summed E-state index contributed by atoms with van der Waals surface area (Å²) in [6.45, 7) is 10.5. The van der Waals surface area contributed by atoms with Crippen LogP contribution in [-0.2, 0) is 6.54 Å². The average Bonchev–Trinajstić information content (AvgIpc) is 3.18. The van der Waals surface area contributed by atoms with Gasteiger partial charge in [0.2, 0.25) is 0 Å². The molecule has 0 unspecified atom stereocenters. The second kappa shape index (κ2) is 9.63. The van der Waals surface area contributed by atoms with Crippen molar-refractivity contribution in [3.05, 3.63) is 86.1 Å². The molecular weight excluding hydrogens is 424 g/mol. The van der Waals surface area contributed by atoms with Crippen molar-refractivity contribution in [1.82, 2.24) is 19.1 Å². The predicted molar refractivity (Wildman–Crippen MR) is 137 cm³/mol. The van der Waals surface area contributed by atoms with Crippen LogP contribution in [0.5, 0.6) is 0 Å². The molecule has 0 radical (unpaired) electrons. The molecule has 176 valence electrons. The Bertz CT molecular complexity index is 1490. The van der Waals surface area contributed by atoms with Gasteiger partial charge in [0.1, 0.15) is 11.5 Å². The van der Waals surface area contributed by atoms with Crippen LogP contribution in [0, 0.1) is 13.8 Å². The van der Waals surface area contributed by atoms with E-state index in [4.69, 9.17) is 10.7 Å². The van der Waals surface area contributed by atoms with E-state index in [0.29, 0.717) is 23.9 Å².